The van der Waals surface area contributed by atoms with Crippen molar-refractivity contribution in [3.8, 4) is 16.9 Å². The molecule has 1 amide bonds. The van der Waals surface area contributed by atoms with Gasteiger partial charge in [-0.2, -0.15) is 0 Å². The lowest BCUT2D eigenvalue weighted by Gasteiger charge is -2.14. The largest absolute Gasteiger partial charge is 0.491 e. The van der Waals surface area contributed by atoms with Crippen molar-refractivity contribution in [1.82, 2.24) is 5.32 Å². The molecule has 3 aromatic carbocycles. The lowest BCUT2D eigenvalue weighted by atomic mass is 9.98. The van der Waals surface area contributed by atoms with Gasteiger partial charge in [0.05, 0.1) is 85.9 Å². The van der Waals surface area contributed by atoms with Gasteiger partial charge in [-0.25, -0.2) is 4.79 Å². The number of aryl methyl sites for hydroxylation is 1. The summed E-state index contributed by atoms with van der Waals surface area (Å²) in [5.41, 5.74) is 6.20. The molecule has 0 fully saturated rings. The predicted octanol–water partition coefficient (Wildman–Crippen LogP) is 8.40. The second-order valence-corrected chi connectivity index (χ2v) is 14.3. The molecule has 0 aliphatic heterocycles. The first-order valence-electron chi connectivity index (χ1n) is 21.6. The van der Waals surface area contributed by atoms with E-state index in [-0.39, 0.29) is 5.92 Å². The number of alkyl carbamates (subject to hydrolysis) is 1. The van der Waals surface area contributed by atoms with Crippen LogP contribution in [0, 0.1) is 0 Å². The summed E-state index contributed by atoms with van der Waals surface area (Å²) in [5.74, 6) is 0.936. The Morgan fingerprint density at radius 1 is 0.500 bits per heavy atom. The molecule has 11 nitrogen and oxygen atoms in total. The Kier molecular flexibility index (Phi) is 25.5. The van der Waals surface area contributed by atoms with Crippen molar-refractivity contribution in [2.45, 2.75) is 70.6 Å². The van der Waals surface area contributed by atoms with E-state index in [2.05, 4.69) is 60.8 Å². The number of benzene rings is 3. The number of fused-ring (bicyclic) bond motifs is 3. The standard InChI is InChI=1S/C47H69NO10/c1-2-3-4-5-6-7-8-14-40-19-21-41(22-20-40)57-38-37-56-36-35-55-34-33-54-32-31-53-30-29-52-28-27-51-26-25-50-24-13-23-48-47(49)58-39-46-44-17-11-9-15-42(44)43-16-10-12-18-45(43)46/h9-12,15-22,46H,2-8,13-14,23-39H2,1H3,(H,48,49). The first kappa shape index (κ1) is 47.1. The highest BCUT2D eigenvalue weighted by Crippen LogP contribution is 2.44. The highest BCUT2D eigenvalue weighted by atomic mass is 16.6. The van der Waals surface area contributed by atoms with Gasteiger partial charge in [-0.3, -0.25) is 0 Å². The van der Waals surface area contributed by atoms with E-state index in [0.717, 1.165) is 12.2 Å². The van der Waals surface area contributed by atoms with Crippen LogP contribution in [0.2, 0.25) is 0 Å². The molecule has 0 radical (unpaired) electrons. The van der Waals surface area contributed by atoms with Crippen molar-refractivity contribution in [1.29, 1.82) is 0 Å². The average molecular weight is 808 g/mol. The van der Waals surface area contributed by atoms with Gasteiger partial charge in [0, 0.05) is 19.1 Å². The number of rotatable bonds is 36. The van der Waals surface area contributed by atoms with E-state index in [1.165, 1.54) is 72.8 Å². The summed E-state index contributed by atoms with van der Waals surface area (Å²) >= 11 is 0. The molecule has 0 spiro atoms. The zero-order valence-corrected chi connectivity index (χ0v) is 35.0. The predicted molar refractivity (Wildman–Crippen MR) is 227 cm³/mol. The van der Waals surface area contributed by atoms with E-state index in [1.54, 1.807) is 0 Å². The van der Waals surface area contributed by atoms with E-state index >= 15 is 0 Å². The Bertz CT molecular complexity index is 1430. The van der Waals surface area contributed by atoms with Gasteiger partial charge in [0.15, 0.2) is 0 Å². The third-order valence-corrected chi connectivity index (χ3v) is 9.80. The Labute approximate surface area is 347 Å². The summed E-state index contributed by atoms with van der Waals surface area (Å²) in [7, 11) is 0. The maximum absolute atomic E-state index is 12.3. The lowest BCUT2D eigenvalue weighted by molar-refractivity contribution is -0.0212. The number of ether oxygens (including phenoxy) is 9. The topological polar surface area (TPSA) is 112 Å². The minimum atomic E-state index is -0.411. The van der Waals surface area contributed by atoms with Gasteiger partial charge in [0.2, 0.25) is 0 Å². The fourth-order valence-corrected chi connectivity index (χ4v) is 6.69. The fourth-order valence-electron chi connectivity index (χ4n) is 6.69. The molecule has 0 unspecified atom stereocenters. The molecule has 11 heteroatoms. The summed E-state index contributed by atoms with van der Waals surface area (Å²) in [6.07, 6.45) is 10.8. The first-order valence-corrected chi connectivity index (χ1v) is 21.6. The maximum Gasteiger partial charge on any atom is 0.407 e. The van der Waals surface area contributed by atoms with Crippen LogP contribution in [-0.4, -0.2) is 118 Å². The van der Waals surface area contributed by atoms with Gasteiger partial charge < -0.3 is 47.9 Å². The van der Waals surface area contributed by atoms with Crippen molar-refractivity contribution in [3.05, 3.63) is 89.5 Å². The third kappa shape index (κ3) is 19.9. The summed E-state index contributed by atoms with van der Waals surface area (Å²) < 4.78 is 50.3. The molecule has 3 aromatic rings. The summed E-state index contributed by atoms with van der Waals surface area (Å²) in [5, 5.41) is 2.81. The van der Waals surface area contributed by atoms with E-state index in [9.17, 15) is 4.79 Å². The molecule has 0 aromatic heterocycles. The lowest BCUT2D eigenvalue weighted by Crippen LogP contribution is -2.27. The van der Waals surface area contributed by atoms with Crippen molar-refractivity contribution in [3.63, 3.8) is 0 Å². The van der Waals surface area contributed by atoms with Crippen LogP contribution in [0.3, 0.4) is 0 Å². The molecular weight excluding hydrogens is 739 g/mol. The van der Waals surface area contributed by atoms with E-state index in [0.29, 0.717) is 119 Å². The zero-order valence-electron chi connectivity index (χ0n) is 35.0. The molecule has 322 valence electrons. The van der Waals surface area contributed by atoms with E-state index in [4.69, 9.17) is 42.6 Å². The third-order valence-electron chi connectivity index (χ3n) is 9.80. The number of carbonyl (C=O) groups excluding carboxylic acids is 1. The summed E-state index contributed by atoms with van der Waals surface area (Å²) in [6.45, 7) is 10.6. The molecule has 1 N–H and O–H groups in total. The number of hydrogen-bond donors (Lipinski definition) is 1. The van der Waals surface area contributed by atoms with Crippen LogP contribution in [0.5, 0.6) is 5.75 Å². The van der Waals surface area contributed by atoms with Crippen LogP contribution in [0.4, 0.5) is 4.79 Å². The van der Waals surface area contributed by atoms with Gasteiger partial charge in [-0.05, 0) is 59.2 Å². The summed E-state index contributed by atoms with van der Waals surface area (Å²) in [6, 6.07) is 25.1. The molecule has 0 saturated heterocycles. The highest BCUT2D eigenvalue weighted by Gasteiger charge is 2.29. The molecule has 58 heavy (non-hydrogen) atoms. The van der Waals surface area contributed by atoms with Crippen LogP contribution in [0.25, 0.3) is 11.1 Å². The van der Waals surface area contributed by atoms with Crippen molar-refractivity contribution in [2.75, 3.05) is 112 Å². The number of hydrogen-bond acceptors (Lipinski definition) is 10. The Morgan fingerprint density at radius 3 is 1.47 bits per heavy atom. The van der Waals surface area contributed by atoms with Gasteiger partial charge in [-0.1, -0.05) is 106 Å². The van der Waals surface area contributed by atoms with Crippen LogP contribution in [0.15, 0.2) is 72.8 Å². The SMILES string of the molecule is CCCCCCCCCc1ccc(OCCOCCOCCOCCOCCOCCOCCOCCCNC(=O)OCC2c3ccccc3-c3ccccc32)cc1. The van der Waals surface area contributed by atoms with Gasteiger partial charge in [0.1, 0.15) is 19.0 Å². The normalized spacial score (nSPS) is 12.1. The number of nitrogens with one attached hydrogen (secondary N) is 1. The minimum absolute atomic E-state index is 0.0521. The van der Waals surface area contributed by atoms with Crippen molar-refractivity contribution in [2.24, 2.45) is 0 Å². The van der Waals surface area contributed by atoms with Crippen LogP contribution >= 0.6 is 0 Å². The molecule has 0 bridgehead atoms. The highest BCUT2D eigenvalue weighted by molar-refractivity contribution is 5.79. The number of unbranched alkanes of at least 4 members (excludes halogenated alkanes) is 6. The Morgan fingerprint density at radius 2 is 0.948 bits per heavy atom. The Balaban J connectivity index is 0.806. The minimum Gasteiger partial charge on any atom is -0.491 e. The number of amides is 1. The smallest absolute Gasteiger partial charge is 0.407 e. The van der Waals surface area contributed by atoms with Gasteiger partial charge in [-0.15, -0.1) is 0 Å². The molecule has 1 aliphatic rings. The van der Waals surface area contributed by atoms with E-state index in [1.807, 2.05) is 24.3 Å². The van der Waals surface area contributed by atoms with Crippen LogP contribution in [-0.2, 0) is 44.3 Å². The maximum atomic E-state index is 12.3. The molecule has 0 saturated carbocycles. The first-order chi connectivity index (χ1) is 28.8. The molecule has 0 heterocycles. The van der Waals surface area contributed by atoms with Gasteiger partial charge in [0.25, 0.3) is 0 Å². The van der Waals surface area contributed by atoms with Crippen molar-refractivity contribution < 1.29 is 47.4 Å². The second kappa shape index (κ2) is 31.4. The summed E-state index contributed by atoms with van der Waals surface area (Å²) in [4.78, 5) is 12.3. The Hall–Kier alpha value is -3.55. The fraction of sp³-hybridized carbons (Fsp3) is 0.596. The molecule has 0 atom stereocenters. The average Bonchev–Trinajstić information content (AvgIpc) is 3.57. The monoisotopic (exact) mass is 807 g/mol. The quantitative estimate of drug-likeness (QED) is 0.0575. The molecule has 4 rings (SSSR count). The second-order valence-electron chi connectivity index (χ2n) is 14.3. The van der Waals surface area contributed by atoms with Crippen LogP contribution in [0.1, 0.15) is 80.9 Å². The number of carbonyl (C=O) groups is 1. The van der Waals surface area contributed by atoms with Gasteiger partial charge >= 0.3 is 6.09 Å². The van der Waals surface area contributed by atoms with Crippen molar-refractivity contribution >= 4 is 6.09 Å². The molecule has 1 aliphatic carbocycles. The van der Waals surface area contributed by atoms with E-state index < -0.39 is 6.09 Å². The zero-order chi connectivity index (χ0) is 40.6. The molecular formula is C47H69NO10. The van der Waals surface area contributed by atoms with Crippen LogP contribution < -0.4 is 10.1 Å².